The quantitative estimate of drug-likeness (QED) is 0.170. The second kappa shape index (κ2) is 11.9. The first-order valence-corrected chi connectivity index (χ1v) is 18.5. The van der Waals surface area contributed by atoms with E-state index in [9.17, 15) is 5.26 Å². The van der Waals surface area contributed by atoms with Crippen molar-refractivity contribution in [1.29, 1.82) is 5.26 Å². The second-order valence-corrected chi connectivity index (χ2v) is 14.3. The minimum Gasteiger partial charge on any atom is -0.192 e. The van der Waals surface area contributed by atoms with Crippen molar-refractivity contribution in [3.63, 3.8) is 0 Å². The summed E-state index contributed by atoms with van der Waals surface area (Å²) in [6, 6.07) is 70.4. The van der Waals surface area contributed by atoms with Gasteiger partial charge in [0, 0.05) is 0 Å². The van der Waals surface area contributed by atoms with Crippen LogP contribution in [0.1, 0.15) is 5.56 Å². The van der Waals surface area contributed by atoms with E-state index in [0.29, 0.717) is 5.56 Å². The van der Waals surface area contributed by atoms with E-state index < -0.39 is 0 Å². The first kappa shape index (κ1) is 30.4. The van der Waals surface area contributed by atoms with Crippen LogP contribution in [0, 0.1) is 11.3 Å². The fourth-order valence-electron chi connectivity index (χ4n) is 9.13. The Morgan fingerprint density at radius 2 is 0.833 bits per heavy atom. The van der Waals surface area contributed by atoms with Crippen molar-refractivity contribution in [3.8, 4) is 72.8 Å². The molecule has 11 rings (SSSR count). The van der Waals surface area contributed by atoms with Crippen LogP contribution in [-0.4, -0.2) is 0 Å². The summed E-state index contributed by atoms with van der Waals surface area (Å²) >= 11 is 0. The third-order valence-electron chi connectivity index (χ3n) is 11.4. The molecular weight excluding hydrogens is 651 g/mol. The molecule has 1 nitrogen and oxygen atoms in total. The fourth-order valence-corrected chi connectivity index (χ4v) is 9.13. The van der Waals surface area contributed by atoms with Gasteiger partial charge in [0.25, 0.3) is 0 Å². The molecule has 0 N–H and O–H groups in total. The molecular formula is C53H31N. The molecule has 0 unspecified atom stereocenters. The van der Waals surface area contributed by atoms with Gasteiger partial charge in [-0.25, -0.2) is 0 Å². The standard InChI is InChI=1S/C53H31N/c54-32-33-13-11-18-36(29-33)47-31-38-26-25-37(30-48(38)41-20-8-7-19-40(41)47)39-27-28-46-51-42(39)23-12-24-45(51)52-49(34-14-3-1-4-15-34)43-21-9-10-22-44(43)50(53(46)52)35-16-5-2-6-17-35/h1-31H. The van der Waals surface area contributed by atoms with Crippen LogP contribution in [0.25, 0.3) is 110 Å². The smallest absolute Gasteiger partial charge is 0.0991 e. The van der Waals surface area contributed by atoms with Crippen molar-refractivity contribution >= 4 is 43.1 Å². The lowest BCUT2D eigenvalue weighted by molar-refractivity contribution is 1.48. The Hall–Kier alpha value is -7.27. The zero-order chi connectivity index (χ0) is 35.8. The summed E-state index contributed by atoms with van der Waals surface area (Å²) in [5, 5.41) is 19.5. The van der Waals surface area contributed by atoms with Crippen molar-refractivity contribution in [2.45, 2.75) is 0 Å². The number of rotatable bonds is 4. The zero-order valence-electron chi connectivity index (χ0n) is 29.3. The van der Waals surface area contributed by atoms with Crippen LogP contribution >= 0.6 is 0 Å². The van der Waals surface area contributed by atoms with E-state index in [1.165, 1.54) is 98.7 Å². The second-order valence-electron chi connectivity index (χ2n) is 14.3. The molecule has 1 aliphatic carbocycles. The van der Waals surface area contributed by atoms with Gasteiger partial charge in [-0.15, -0.1) is 0 Å². The molecule has 0 radical (unpaired) electrons. The molecule has 0 aromatic heterocycles. The van der Waals surface area contributed by atoms with Gasteiger partial charge in [-0.3, -0.25) is 0 Å². The van der Waals surface area contributed by atoms with Crippen LogP contribution in [0.5, 0.6) is 0 Å². The number of hydrogen-bond acceptors (Lipinski definition) is 1. The minimum atomic E-state index is 0.668. The van der Waals surface area contributed by atoms with E-state index in [2.05, 4.69) is 176 Å². The van der Waals surface area contributed by atoms with E-state index in [1.54, 1.807) is 0 Å². The van der Waals surface area contributed by atoms with Crippen LogP contribution in [0.4, 0.5) is 0 Å². The topological polar surface area (TPSA) is 23.8 Å². The number of benzene rings is 10. The predicted molar refractivity (Wildman–Crippen MR) is 227 cm³/mol. The van der Waals surface area contributed by atoms with E-state index in [0.717, 1.165) is 11.1 Å². The molecule has 0 atom stereocenters. The highest BCUT2D eigenvalue weighted by Gasteiger charge is 2.31. The monoisotopic (exact) mass is 681 g/mol. The molecule has 0 fully saturated rings. The molecule has 0 heterocycles. The Bertz CT molecular complexity index is 3110. The first-order chi connectivity index (χ1) is 26.8. The van der Waals surface area contributed by atoms with Gasteiger partial charge in [0.1, 0.15) is 0 Å². The van der Waals surface area contributed by atoms with Crippen molar-refractivity contribution in [2.75, 3.05) is 0 Å². The Balaban J connectivity index is 1.18. The van der Waals surface area contributed by atoms with Gasteiger partial charge in [-0.2, -0.15) is 5.26 Å². The first-order valence-electron chi connectivity index (χ1n) is 18.5. The van der Waals surface area contributed by atoms with Gasteiger partial charge in [-0.05, 0) is 134 Å². The third-order valence-corrected chi connectivity index (χ3v) is 11.4. The molecule has 0 aliphatic heterocycles. The number of hydrogen-bond donors (Lipinski definition) is 0. The lowest BCUT2D eigenvalue weighted by Gasteiger charge is -2.20. The van der Waals surface area contributed by atoms with Gasteiger partial charge < -0.3 is 0 Å². The molecule has 0 spiro atoms. The Labute approximate surface area is 313 Å². The van der Waals surface area contributed by atoms with Crippen molar-refractivity contribution in [1.82, 2.24) is 0 Å². The highest BCUT2D eigenvalue weighted by Crippen LogP contribution is 2.58. The lowest BCUT2D eigenvalue weighted by Crippen LogP contribution is -1.93. The van der Waals surface area contributed by atoms with Crippen LogP contribution in [0.15, 0.2) is 188 Å². The highest BCUT2D eigenvalue weighted by molar-refractivity contribution is 6.29. The van der Waals surface area contributed by atoms with Crippen LogP contribution in [0.2, 0.25) is 0 Å². The Kier molecular flexibility index (Phi) is 6.68. The maximum absolute atomic E-state index is 9.62. The van der Waals surface area contributed by atoms with Crippen LogP contribution < -0.4 is 0 Å². The number of nitriles is 1. The van der Waals surface area contributed by atoms with Crippen molar-refractivity contribution < 1.29 is 0 Å². The van der Waals surface area contributed by atoms with E-state index in [-0.39, 0.29) is 0 Å². The predicted octanol–water partition coefficient (Wildman–Crippen LogP) is 14.5. The van der Waals surface area contributed by atoms with Gasteiger partial charge in [0.05, 0.1) is 11.6 Å². The van der Waals surface area contributed by atoms with E-state index >= 15 is 0 Å². The summed E-state index contributed by atoms with van der Waals surface area (Å²) < 4.78 is 0. The molecule has 10 aromatic carbocycles. The molecule has 248 valence electrons. The van der Waals surface area contributed by atoms with Crippen molar-refractivity contribution in [3.05, 3.63) is 194 Å². The van der Waals surface area contributed by atoms with Gasteiger partial charge in [0.2, 0.25) is 0 Å². The molecule has 0 saturated carbocycles. The van der Waals surface area contributed by atoms with Gasteiger partial charge >= 0.3 is 0 Å². The molecule has 54 heavy (non-hydrogen) atoms. The van der Waals surface area contributed by atoms with E-state index in [4.69, 9.17) is 0 Å². The average molecular weight is 682 g/mol. The average Bonchev–Trinajstić information content (AvgIpc) is 3.57. The van der Waals surface area contributed by atoms with Crippen LogP contribution in [0.3, 0.4) is 0 Å². The SMILES string of the molecule is N#Cc1cccc(-c2cc3ccc(-c4ccc5c6c(cccc46)-c4c-5c(-c5ccccc5)c5ccccc5c4-c4ccccc4)cc3c3ccccc23)c1. The fraction of sp³-hybridized carbons (Fsp3) is 0. The van der Waals surface area contributed by atoms with Crippen molar-refractivity contribution in [2.24, 2.45) is 0 Å². The Morgan fingerprint density at radius 3 is 1.52 bits per heavy atom. The van der Waals surface area contributed by atoms with Crippen LogP contribution in [-0.2, 0) is 0 Å². The van der Waals surface area contributed by atoms with Gasteiger partial charge in [-0.1, -0.05) is 164 Å². The zero-order valence-corrected chi connectivity index (χ0v) is 29.3. The van der Waals surface area contributed by atoms with E-state index in [1.807, 2.05) is 18.2 Å². The summed E-state index contributed by atoms with van der Waals surface area (Å²) in [6.45, 7) is 0. The highest BCUT2D eigenvalue weighted by atomic mass is 14.3. The summed E-state index contributed by atoms with van der Waals surface area (Å²) in [5.74, 6) is 0. The maximum Gasteiger partial charge on any atom is 0.0991 e. The molecule has 1 heteroatoms. The summed E-state index contributed by atoms with van der Waals surface area (Å²) in [5.41, 5.74) is 15.5. The molecule has 1 aliphatic rings. The largest absolute Gasteiger partial charge is 0.192 e. The minimum absolute atomic E-state index is 0.668. The molecule has 10 aromatic rings. The van der Waals surface area contributed by atoms with Gasteiger partial charge in [0.15, 0.2) is 0 Å². The summed E-state index contributed by atoms with van der Waals surface area (Å²) in [6.07, 6.45) is 0. The summed E-state index contributed by atoms with van der Waals surface area (Å²) in [4.78, 5) is 0. The molecule has 0 amide bonds. The molecule has 0 saturated heterocycles. The Morgan fingerprint density at radius 1 is 0.296 bits per heavy atom. The molecule has 0 bridgehead atoms. The third kappa shape index (κ3) is 4.44. The number of nitrogens with zero attached hydrogens (tertiary/aromatic N) is 1. The normalized spacial score (nSPS) is 11.7. The number of fused-ring (bicyclic) bond motifs is 7. The summed E-state index contributed by atoms with van der Waals surface area (Å²) in [7, 11) is 0. The lowest BCUT2D eigenvalue weighted by atomic mass is 9.82. The maximum atomic E-state index is 9.62.